The second kappa shape index (κ2) is 8.14. The van der Waals surface area contributed by atoms with Crippen molar-refractivity contribution < 1.29 is 9.26 Å². The molecule has 34 heavy (non-hydrogen) atoms. The van der Waals surface area contributed by atoms with E-state index in [-0.39, 0.29) is 0 Å². The summed E-state index contributed by atoms with van der Waals surface area (Å²) >= 11 is 0. The lowest BCUT2D eigenvalue weighted by Gasteiger charge is -2.10. The van der Waals surface area contributed by atoms with Gasteiger partial charge in [-0.2, -0.15) is 0 Å². The Balaban J connectivity index is 1.44. The molecule has 0 unspecified atom stereocenters. The highest BCUT2D eigenvalue weighted by Gasteiger charge is 2.27. The van der Waals surface area contributed by atoms with Crippen LogP contribution in [-0.4, -0.2) is 29.7 Å². The first kappa shape index (κ1) is 20.1. The van der Waals surface area contributed by atoms with Gasteiger partial charge in [-0.25, -0.2) is 9.67 Å². The highest BCUT2D eigenvalue weighted by Crippen LogP contribution is 2.34. The number of aryl methyl sites for hydroxylation is 1. The molecule has 5 aromatic rings. The van der Waals surface area contributed by atoms with Crippen molar-refractivity contribution in [3.05, 3.63) is 94.9 Å². The van der Waals surface area contributed by atoms with E-state index in [1.807, 2.05) is 66.2 Å². The van der Waals surface area contributed by atoms with Gasteiger partial charge in [0.05, 0.1) is 36.0 Å². The van der Waals surface area contributed by atoms with Gasteiger partial charge in [0.15, 0.2) is 0 Å². The molecular formula is C26H20N6O2. The van der Waals surface area contributed by atoms with E-state index < -0.39 is 0 Å². The summed E-state index contributed by atoms with van der Waals surface area (Å²) in [6, 6.07) is 17.8. The molecule has 0 bridgehead atoms. The van der Waals surface area contributed by atoms with Crippen LogP contribution >= 0.6 is 0 Å². The zero-order valence-corrected chi connectivity index (χ0v) is 18.5. The fraction of sp³-hybridized carbons (Fsp3) is 0.154. The SMILES string of the molecule is C#Cc1ccc2c(c1)-n1nnc(COCc3ccccc3)c1Cc1c(-c3cc(C)on3)ncn1-2. The molecule has 6 rings (SSSR count). The van der Waals surface area contributed by atoms with Crippen molar-refractivity contribution in [2.45, 2.75) is 26.6 Å². The standard InChI is InChI=1S/C26H20N6O2/c1-3-18-9-10-22-24(12-18)32-23(21(28-30-32)15-33-14-19-7-5-4-6-8-19)13-25-26(27-16-31(22)25)20-11-17(2)34-29-20/h1,4-12,16H,13-15H2,2H3. The molecule has 0 saturated carbocycles. The van der Waals surface area contributed by atoms with Gasteiger partial charge in [-0.1, -0.05) is 46.6 Å². The second-order valence-corrected chi connectivity index (χ2v) is 8.13. The van der Waals surface area contributed by atoms with Crippen molar-refractivity contribution >= 4 is 0 Å². The van der Waals surface area contributed by atoms with Crippen LogP contribution < -0.4 is 0 Å². The number of hydrogen-bond acceptors (Lipinski definition) is 6. The highest BCUT2D eigenvalue weighted by atomic mass is 16.5. The summed E-state index contributed by atoms with van der Waals surface area (Å²) in [5.41, 5.74) is 7.72. The zero-order chi connectivity index (χ0) is 23.1. The van der Waals surface area contributed by atoms with Crippen molar-refractivity contribution in [1.82, 2.24) is 29.7 Å². The van der Waals surface area contributed by atoms with Gasteiger partial charge in [0.1, 0.15) is 29.2 Å². The Bertz CT molecular complexity index is 1540. The maximum absolute atomic E-state index is 5.99. The zero-order valence-electron chi connectivity index (χ0n) is 18.5. The molecule has 8 nitrogen and oxygen atoms in total. The van der Waals surface area contributed by atoms with Gasteiger partial charge in [0.2, 0.25) is 0 Å². The quantitative estimate of drug-likeness (QED) is 0.371. The summed E-state index contributed by atoms with van der Waals surface area (Å²) in [7, 11) is 0. The fourth-order valence-corrected chi connectivity index (χ4v) is 4.24. The molecular weight excluding hydrogens is 428 g/mol. The number of rotatable bonds is 5. The van der Waals surface area contributed by atoms with Gasteiger partial charge in [0, 0.05) is 18.1 Å². The molecule has 166 valence electrons. The summed E-state index contributed by atoms with van der Waals surface area (Å²) in [6.07, 6.45) is 8.03. The van der Waals surface area contributed by atoms with E-state index in [1.54, 1.807) is 6.33 Å². The Morgan fingerprint density at radius 2 is 1.94 bits per heavy atom. The maximum atomic E-state index is 5.99. The minimum absolute atomic E-state index is 0.334. The minimum atomic E-state index is 0.334. The molecule has 0 aliphatic carbocycles. The lowest BCUT2D eigenvalue weighted by atomic mass is 10.1. The van der Waals surface area contributed by atoms with Crippen LogP contribution in [0.5, 0.6) is 0 Å². The number of ether oxygens (including phenoxy) is 1. The fourth-order valence-electron chi connectivity index (χ4n) is 4.24. The molecule has 0 saturated heterocycles. The summed E-state index contributed by atoms with van der Waals surface area (Å²) in [5.74, 6) is 3.44. The molecule has 4 heterocycles. The third kappa shape index (κ3) is 3.39. The second-order valence-electron chi connectivity index (χ2n) is 8.13. The summed E-state index contributed by atoms with van der Waals surface area (Å²) in [5, 5.41) is 13.1. The molecule has 1 aliphatic heterocycles. The first-order valence-electron chi connectivity index (χ1n) is 10.9. The summed E-state index contributed by atoms with van der Waals surface area (Å²) < 4.78 is 15.2. The highest BCUT2D eigenvalue weighted by molar-refractivity contribution is 5.65. The molecule has 3 aromatic heterocycles. The van der Waals surface area contributed by atoms with Crippen LogP contribution in [0.25, 0.3) is 22.8 Å². The van der Waals surface area contributed by atoms with Crippen molar-refractivity contribution in [3.8, 4) is 35.1 Å². The molecule has 0 fully saturated rings. The van der Waals surface area contributed by atoms with Crippen molar-refractivity contribution in [2.75, 3.05) is 0 Å². The van der Waals surface area contributed by atoms with Gasteiger partial charge in [-0.15, -0.1) is 11.5 Å². The largest absolute Gasteiger partial charge is 0.370 e. The van der Waals surface area contributed by atoms with Crippen LogP contribution in [0.1, 0.15) is 34.0 Å². The van der Waals surface area contributed by atoms with Crippen LogP contribution in [0, 0.1) is 19.3 Å². The van der Waals surface area contributed by atoms with Crippen molar-refractivity contribution in [1.29, 1.82) is 0 Å². The smallest absolute Gasteiger partial charge is 0.134 e. The predicted molar refractivity (Wildman–Crippen MR) is 124 cm³/mol. The molecule has 2 aromatic carbocycles. The first-order chi connectivity index (χ1) is 16.7. The Morgan fingerprint density at radius 3 is 2.74 bits per heavy atom. The molecule has 0 amide bonds. The monoisotopic (exact) mass is 448 g/mol. The predicted octanol–water partition coefficient (Wildman–Crippen LogP) is 4.02. The molecule has 0 N–H and O–H groups in total. The summed E-state index contributed by atoms with van der Waals surface area (Å²) in [6.45, 7) is 2.69. The molecule has 0 atom stereocenters. The maximum Gasteiger partial charge on any atom is 0.134 e. The average molecular weight is 448 g/mol. The van der Waals surface area contributed by atoms with E-state index in [1.165, 1.54) is 0 Å². The Kier molecular flexibility index (Phi) is 4.82. The van der Waals surface area contributed by atoms with Gasteiger partial charge in [-0.05, 0) is 30.7 Å². The number of fused-ring (bicyclic) bond motifs is 5. The van der Waals surface area contributed by atoms with Crippen LogP contribution in [0.4, 0.5) is 0 Å². The van der Waals surface area contributed by atoms with E-state index in [2.05, 4.69) is 30.9 Å². The Morgan fingerprint density at radius 1 is 1.06 bits per heavy atom. The Hall–Kier alpha value is -4.48. The number of hydrogen-bond donors (Lipinski definition) is 0. The molecule has 0 spiro atoms. The van der Waals surface area contributed by atoms with E-state index in [4.69, 9.17) is 15.7 Å². The lowest BCUT2D eigenvalue weighted by molar-refractivity contribution is 0.104. The van der Waals surface area contributed by atoms with Crippen LogP contribution in [-0.2, 0) is 24.4 Å². The van der Waals surface area contributed by atoms with Crippen LogP contribution in [0.15, 0.2) is 65.4 Å². The van der Waals surface area contributed by atoms with Gasteiger partial charge < -0.3 is 9.26 Å². The van der Waals surface area contributed by atoms with Gasteiger partial charge in [-0.3, -0.25) is 4.57 Å². The third-order valence-electron chi connectivity index (χ3n) is 5.90. The third-order valence-corrected chi connectivity index (χ3v) is 5.90. The lowest BCUT2D eigenvalue weighted by Crippen LogP contribution is -2.05. The number of aromatic nitrogens is 6. The topological polar surface area (TPSA) is 83.8 Å². The normalized spacial score (nSPS) is 11.9. The van der Waals surface area contributed by atoms with E-state index in [0.29, 0.717) is 25.3 Å². The van der Waals surface area contributed by atoms with Crippen molar-refractivity contribution in [3.63, 3.8) is 0 Å². The van der Waals surface area contributed by atoms with E-state index >= 15 is 0 Å². The van der Waals surface area contributed by atoms with Gasteiger partial charge >= 0.3 is 0 Å². The number of terminal acetylenes is 1. The summed E-state index contributed by atoms with van der Waals surface area (Å²) in [4.78, 5) is 4.67. The molecule has 8 heteroatoms. The van der Waals surface area contributed by atoms with Crippen LogP contribution in [0.3, 0.4) is 0 Å². The number of nitrogens with zero attached hydrogens (tertiary/aromatic N) is 6. The van der Waals surface area contributed by atoms with Gasteiger partial charge in [0.25, 0.3) is 0 Å². The van der Waals surface area contributed by atoms with Crippen LogP contribution in [0.2, 0.25) is 0 Å². The Labute approximate surface area is 195 Å². The van der Waals surface area contributed by atoms with E-state index in [9.17, 15) is 0 Å². The number of benzene rings is 2. The molecule has 0 radical (unpaired) electrons. The van der Waals surface area contributed by atoms with E-state index in [0.717, 1.165) is 51.0 Å². The number of imidazole rings is 1. The first-order valence-corrected chi connectivity index (χ1v) is 10.9. The minimum Gasteiger partial charge on any atom is -0.370 e. The molecule has 1 aliphatic rings. The average Bonchev–Trinajstić information content (AvgIpc) is 3.57. The van der Waals surface area contributed by atoms with Crippen molar-refractivity contribution in [2.24, 2.45) is 0 Å².